The third-order valence-corrected chi connectivity index (χ3v) is 3.12. The third kappa shape index (κ3) is 1.25. The molecule has 3 aromatic rings. The average molecular weight is 210 g/mol. The zero-order valence-corrected chi connectivity index (χ0v) is 9.53. The maximum atomic E-state index is 5.72. The van der Waals surface area contributed by atoms with Crippen molar-refractivity contribution in [2.75, 3.05) is 0 Å². The van der Waals surface area contributed by atoms with E-state index in [1.54, 1.807) is 0 Å². The molecular weight excluding hydrogens is 196 g/mol. The third-order valence-electron chi connectivity index (χ3n) is 3.12. The van der Waals surface area contributed by atoms with E-state index < -0.39 is 0 Å². The minimum absolute atomic E-state index is 0.502. The standard InChI is InChI=1S/C15H14O/c1-10(2)14-9-16-15-12-6-4-3-5-11(12)7-8-13(14)15/h3-10H,1-2H3. The fourth-order valence-electron chi connectivity index (χ4n) is 2.23. The molecule has 0 spiro atoms. The number of hydrogen-bond acceptors (Lipinski definition) is 1. The molecule has 1 aromatic heterocycles. The Balaban J connectivity index is 2.45. The highest BCUT2D eigenvalue weighted by atomic mass is 16.3. The van der Waals surface area contributed by atoms with Gasteiger partial charge in [0.2, 0.25) is 0 Å². The van der Waals surface area contributed by atoms with E-state index in [0.717, 1.165) is 5.58 Å². The second-order valence-electron chi connectivity index (χ2n) is 4.51. The van der Waals surface area contributed by atoms with E-state index in [2.05, 4.69) is 50.2 Å². The second kappa shape index (κ2) is 3.38. The smallest absolute Gasteiger partial charge is 0.141 e. The second-order valence-corrected chi connectivity index (χ2v) is 4.51. The van der Waals surface area contributed by atoms with Gasteiger partial charge in [-0.1, -0.05) is 50.2 Å². The lowest BCUT2D eigenvalue weighted by Gasteiger charge is -2.02. The first-order valence-corrected chi connectivity index (χ1v) is 5.66. The van der Waals surface area contributed by atoms with Gasteiger partial charge in [-0.2, -0.15) is 0 Å². The van der Waals surface area contributed by atoms with E-state index in [0.29, 0.717) is 5.92 Å². The molecule has 0 N–H and O–H groups in total. The van der Waals surface area contributed by atoms with Crippen molar-refractivity contribution in [2.45, 2.75) is 19.8 Å². The Hall–Kier alpha value is -1.76. The van der Waals surface area contributed by atoms with Crippen LogP contribution in [0.25, 0.3) is 21.7 Å². The van der Waals surface area contributed by atoms with Crippen LogP contribution in [0.5, 0.6) is 0 Å². The van der Waals surface area contributed by atoms with Gasteiger partial charge < -0.3 is 4.42 Å². The quantitative estimate of drug-likeness (QED) is 0.567. The van der Waals surface area contributed by atoms with Crippen molar-refractivity contribution in [3.05, 3.63) is 48.2 Å². The van der Waals surface area contributed by atoms with E-state index in [1.807, 2.05) is 6.26 Å². The van der Waals surface area contributed by atoms with E-state index in [4.69, 9.17) is 4.42 Å². The van der Waals surface area contributed by atoms with Crippen LogP contribution in [-0.2, 0) is 0 Å². The van der Waals surface area contributed by atoms with Gasteiger partial charge in [-0.3, -0.25) is 0 Å². The molecule has 0 atom stereocenters. The Bertz CT molecular complexity index is 647. The molecule has 0 saturated heterocycles. The van der Waals surface area contributed by atoms with Crippen LogP contribution in [0, 0.1) is 0 Å². The molecule has 1 nitrogen and oxygen atoms in total. The van der Waals surface area contributed by atoms with Crippen LogP contribution in [0.4, 0.5) is 0 Å². The zero-order chi connectivity index (χ0) is 11.1. The molecule has 0 saturated carbocycles. The van der Waals surface area contributed by atoms with E-state index in [9.17, 15) is 0 Å². The molecule has 0 aliphatic carbocycles. The topological polar surface area (TPSA) is 13.1 Å². The van der Waals surface area contributed by atoms with Gasteiger partial charge in [-0.05, 0) is 11.3 Å². The number of benzene rings is 2. The minimum atomic E-state index is 0.502. The van der Waals surface area contributed by atoms with Gasteiger partial charge in [-0.25, -0.2) is 0 Å². The summed E-state index contributed by atoms with van der Waals surface area (Å²) in [6, 6.07) is 12.7. The summed E-state index contributed by atoms with van der Waals surface area (Å²) in [6.45, 7) is 4.39. The fraction of sp³-hybridized carbons (Fsp3) is 0.200. The van der Waals surface area contributed by atoms with E-state index in [-0.39, 0.29) is 0 Å². The van der Waals surface area contributed by atoms with Crippen molar-refractivity contribution >= 4 is 21.7 Å². The number of fused-ring (bicyclic) bond motifs is 3. The molecule has 3 rings (SSSR count). The average Bonchev–Trinajstić information content (AvgIpc) is 2.73. The highest BCUT2D eigenvalue weighted by molar-refractivity contribution is 6.05. The van der Waals surface area contributed by atoms with Crippen LogP contribution in [0.1, 0.15) is 25.3 Å². The molecule has 16 heavy (non-hydrogen) atoms. The Morgan fingerprint density at radius 3 is 2.56 bits per heavy atom. The van der Waals surface area contributed by atoms with Crippen LogP contribution >= 0.6 is 0 Å². The fourth-order valence-corrected chi connectivity index (χ4v) is 2.23. The summed E-state index contributed by atoms with van der Waals surface area (Å²) in [6.07, 6.45) is 1.89. The first kappa shape index (κ1) is 9.46. The molecule has 0 aliphatic rings. The number of rotatable bonds is 1. The summed E-state index contributed by atoms with van der Waals surface area (Å²) in [5, 5.41) is 3.68. The normalized spacial score (nSPS) is 11.7. The summed E-state index contributed by atoms with van der Waals surface area (Å²) in [7, 11) is 0. The Morgan fingerprint density at radius 2 is 1.75 bits per heavy atom. The maximum Gasteiger partial charge on any atom is 0.141 e. The van der Waals surface area contributed by atoms with Crippen LogP contribution in [0.15, 0.2) is 47.1 Å². The number of furan rings is 1. The molecule has 0 bridgehead atoms. The van der Waals surface area contributed by atoms with Gasteiger partial charge in [0, 0.05) is 16.3 Å². The molecular formula is C15H14O. The summed E-state index contributed by atoms with van der Waals surface area (Å²) >= 11 is 0. The lowest BCUT2D eigenvalue weighted by molar-refractivity contribution is 0.609. The molecule has 0 amide bonds. The van der Waals surface area contributed by atoms with Gasteiger partial charge in [0.05, 0.1) is 6.26 Å². The van der Waals surface area contributed by atoms with Gasteiger partial charge >= 0.3 is 0 Å². The Morgan fingerprint density at radius 1 is 0.938 bits per heavy atom. The van der Waals surface area contributed by atoms with Crippen molar-refractivity contribution in [3.63, 3.8) is 0 Å². The molecule has 1 heteroatoms. The van der Waals surface area contributed by atoms with Crippen LogP contribution in [-0.4, -0.2) is 0 Å². The summed E-state index contributed by atoms with van der Waals surface area (Å²) < 4.78 is 5.72. The SMILES string of the molecule is CC(C)c1coc2c1ccc1ccccc12. The van der Waals surface area contributed by atoms with Crippen LogP contribution in [0.2, 0.25) is 0 Å². The predicted molar refractivity (Wildman–Crippen MR) is 67.8 cm³/mol. The van der Waals surface area contributed by atoms with Gasteiger partial charge in [0.25, 0.3) is 0 Å². The molecule has 0 aliphatic heterocycles. The summed E-state index contributed by atoms with van der Waals surface area (Å²) in [5.74, 6) is 0.502. The van der Waals surface area contributed by atoms with Crippen LogP contribution < -0.4 is 0 Å². The van der Waals surface area contributed by atoms with Crippen molar-refractivity contribution in [3.8, 4) is 0 Å². The monoisotopic (exact) mass is 210 g/mol. The molecule has 2 aromatic carbocycles. The Kier molecular flexibility index (Phi) is 2.00. The summed E-state index contributed by atoms with van der Waals surface area (Å²) in [5.41, 5.74) is 2.31. The largest absolute Gasteiger partial charge is 0.463 e. The molecule has 0 unspecified atom stereocenters. The summed E-state index contributed by atoms with van der Waals surface area (Å²) in [4.78, 5) is 0. The lowest BCUT2D eigenvalue weighted by Crippen LogP contribution is -1.83. The highest BCUT2D eigenvalue weighted by Crippen LogP contribution is 2.32. The molecule has 1 heterocycles. The zero-order valence-electron chi connectivity index (χ0n) is 9.53. The maximum absolute atomic E-state index is 5.72. The molecule has 0 radical (unpaired) electrons. The lowest BCUT2D eigenvalue weighted by atomic mass is 10.00. The van der Waals surface area contributed by atoms with Crippen molar-refractivity contribution in [2.24, 2.45) is 0 Å². The first-order valence-electron chi connectivity index (χ1n) is 5.66. The predicted octanol–water partition coefficient (Wildman–Crippen LogP) is 4.71. The van der Waals surface area contributed by atoms with Crippen LogP contribution in [0.3, 0.4) is 0 Å². The van der Waals surface area contributed by atoms with Crippen molar-refractivity contribution in [1.82, 2.24) is 0 Å². The van der Waals surface area contributed by atoms with Crippen molar-refractivity contribution in [1.29, 1.82) is 0 Å². The van der Waals surface area contributed by atoms with Crippen molar-refractivity contribution < 1.29 is 4.42 Å². The molecule has 0 fully saturated rings. The molecule has 80 valence electrons. The first-order chi connectivity index (χ1) is 7.77. The number of hydrogen-bond donors (Lipinski definition) is 0. The van der Waals surface area contributed by atoms with Gasteiger partial charge in [-0.15, -0.1) is 0 Å². The van der Waals surface area contributed by atoms with E-state index in [1.165, 1.54) is 21.7 Å². The van der Waals surface area contributed by atoms with Gasteiger partial charge in [0.1, 0.15) is 5.58 Å². The Labute approximate surface area is 94.7 Å². The van der Waals surface area contributed by atoms with E-state index >= 15 is 0 Å². The highest BCUT2D eigenvalue weighted by Gasteiger charge is 2.10. The minimum Gasteiger partial charge on any atom is -0.463 e. The van der Waals surface area contributed by atoms with Gasteiger partial charge in [0.15, 0.2) is 0 Å².